The van der Waals surface area contributed by atoms with Crippen molar-refractivity contribution < 1.29 is 9.84 Å². The predicted molar refractivity (Wildman–Crippen MR) is 60.5 cm³/mol. The topological polar surface area (TPSA) is 29.5 Å². The van der Waals surface area contributed by atoms with Crippen LogP contribution in [0.5, 0.6) is 0 Å². The molecule has 0 radical (unpaired) electrons. The standard InChI is InChI=1S/C13H14O2/c14-7-6-12-9-15-10-13(12)8-11-4-2-1-3-5-11/h1-8,12,14H,9-10H2/b7-6+,13-8+. The molecule has 2 heteroatoms. The van der Waals surface area contributed by atoms with Crippen molar-refractivity contribution in [2.75, 3.05) is 13.2 Å². The van der Waals surface area contributed by atoms with E-state index in [-0.39, 0.29) is 5.92 Å². The third kappa shape index (κ3) is 2.48. The van der Waals surface area contributed by atoms with Crippen molar-refractivity contribution in [3.63, 3.8) is 0 Å². The normalized spacial score (nSPS) is 24.0. The van der Waals surface area contributed by atoms with Crippen LogP contribution < -0.4 is 0 Å². The maximum Gasteiger partial charge on any atom is 0.0758 e. The van der Waals surface area contributed by atoms with E-state index < -0.39 is 0 Å². The van der Waals surface area contributed by atoms with Gasteiger partial charge in [0.1, 0.15) is 0 Å². The van der Waals surface area contributed by atoms with E-state index in [2.05, 4.69) is 18.2 Å². The van der Waals surface area contributed by atoms with Crippen LogP contribution in [-0.4, -0.2) is 18.3 Å². The van der Waals surface area contributed by atoms with Gasteiger partial charge < -0.3 is 9.84 Å². The fourth-order valence-corrected chi connectivity index (χ4v) is 1.71. The number of hydrogen-bond acceptors (Lipinski definition) is 2. The van der Waals surface area contributed by atoms with Crippen LogP contribution in [0.2, 0.25) is 0 Å². The number of aliphatic hydroxyl groups excluding tert-OH is 1. The zero-order chi connectivity index (χ0) is 10.5. The first-order valence-electron chi connectivity index (χ1n) is 5.04. The molecule has 2 rings (SSSR count). The molecule has 1 atom stereocenters. The van der Waals surface area contributed by atoms with E-state index in [1.165, 1.54) is 11.1 Å². The molecule has 0 bridgehead atoms. The van der Waals surface area contributed by atoms with Crippen molar-refractivity contribution >= 4 is 6.08 Å². The van der Waals surface area contributed by atoms with Crippen LogP contribution in [-0.2, 0) is 4.74 Å². The molecule has 1 heterocycles. The lowest BCUT2D eigenvalue weighted by molar-refractivity contribution is 0.195. The highest BCUT2D eigenvalue weighted by Crippen LogP contribution is 2.23. The summed E-state index contributed by atoms with van der Waals surface area (Å²) in [5, 5.41) is 8.75. The summed E-state index contributed by atoms with van der Waals surface area (Å²) >= 11 is 0. The SMILES string of the molecule is O/C=C/C1COC/C1=C\c1ccccc1. The first kappa shape index (κ1) is 9.99. The summed E-state index contributed by atoms with van der Waals surface area (Å²) in [5.41, 5.74) is 2.39. The van der Waals surface area contributed by atoms with Gasteiger partial charge in [-0.1, -0.05) is 36.4 Å². The Kier molecular flexibility index (Phi) is 3.20. The van der Waals surface area contributed by atoms with E-state index in [4.69, 9.17) is 9.84 Å². The molecular weight excluding hydrogens is 188 g/mol. The Balaban J connectivity index is 2.19. The monoisotopic (exact) mass is 202 g/mol. The van der Waals surface area contributed by atoms with Crippen LogP contribution in [0.1, 0.15) is 5.56 Å². The minimum absolute atomic E-state index is 0.218. The maximum atomic E-state index is 8.75. The van der Waals surface area contributed by atoms with Crippen LogP contribution in [0, 0.1) is 5.92 Å². The second-order valence-electron chi connectivity index (χ2n) is 3.59. The Morgan fingerprint density at radius 2 is 2.07 bits per heavy atom. The highest BCUT2D eigenvalue weighted by atomic mass is 16.5. The van der Waals surface area contributed by atoms with Gasteiger partial charge in [-0.15, -0.1) is 0 Å². The number of hydrogen-bond donors (Lipinski definition) is 1. The Morgan fingerprint density at radius 3 is 2.80 bits per heavy atom. The predicted octanol–water partition coefficient (Wildman–Crippen LogP) is 2.79. The molecule has 1 N–H and O–H groups in total. The van der Waals surface area contributed by atoms with Gasteiger partial charge in [-0.25, -0.2) is 0 Å². The van der Waals surface area contributed by atoms with Gasteiger partial charge in [0.25, 0.3) is 0 Å². The van der Waals surface area contributed by atoms with E-state index in [1.807, 2.05) is 18.2 Å². The Morgan fingerprint density at radius 1 is 1.27 bits per heavy atom. The minimum Gasteiger partial charge on any atom is -0.516 e. The quantitative estimate of drug-likeness (QED) is 0.747. The lowest BCUT2D eigenvalue weighted by Crippen LogP contribution is -1.97. The molecule has 0 spiro atoms. The van der Waals surface area contributed by atoms with Crippen LogP contribution in [0.4, 0.5) is 0 Å². The van der Waals surface area contributed by atoms with Crippen molar-refractivity contribution in [1.29, 1.82) is 0 Å². The highest BCUT2D eigenvalue weighted by molar-refractivity contribution is 5.54. The largest absolute Gasteiger partial charge is 0.516 e. The van der Waals surface area contributed by atoms with Crippen molar-refractivity contribution in [2.45, 2.75) is 0 Å². The third-order valence-corrected chi connectivity index (χ3v) is 2.51. The molecule has 15 heavy (non-hydrogen) atoms. The zero-order valence-electron chi connectivity index (χ0n) is 8.47. The Labute approximate surface area is 89.5 Å². The van der Waals surface area contributed by atoms with Crippen LogP contribution in [0.15, 0.2) is 48.2 Å². The first-order valence-corrected chi connectivity index (χ1v) is 5.04. The molecule has 1 aromatic carbocycles. The summed E-state index contributed by atoms with van der Waals surface area (Å²) in [4.78, 5) is 0. The van der Waals surface area contributed by atoms with Crippen molar-refractivity contribution in [3.8, 4) is 0 Å². The fraction of sp³-hybridized carbons (Fsp3) is 0.231. The van der Waals surface area contributed by atoms with Crippen molar-refractivity contribution in [1.82, 2.24) is 0 Å². The van der Waals surface area contributed by atoms with E-state index in [0.717, 1.165) is 6.26 Å². The first-order chi connectivity index (χ1) is 7.40. The molecular formula is C13H14O2. The highest BCUT2D eigenvalue weighted by Gasteiger charge is 2.18. The molecule has 1 aliphatic rings. The fourth-order valence-electron chi connectivity index (χ4n) is 1.71. The van der Waals surface area contributed by atoms with E-state index in [0.29, 0.717) is 13.2 Å². The van der Waals surface area contributed by atoms with Crippen LogP contribution in [0.3, 0.4) is 0 Å². The van der Waals surface area contributed by atoms with Gasteiger partial charge >= 0.3 is 0 Å². The van der Waals surface area contributed by atoms with E-state index in [1.54, 1.807) is 6.08 Å². The molecule has 1 fully saturated rings. The Hall–Kier alpha value is -1.54. The van der Waals surface area contributed by atoms with Gasteiger partial charge in [-0.05, 0) is 17.2 Å². The average molecular weight is 202 g/mol. The average Bonchev–Trinajstić information content (AvgIpc) is 2.68. The molecule has 1 unspecified atom stereocenters. The van der Waals surface area contributed by atoms with E-state index in [9.17, 15) is 0 Å². The summed E-state index contributed by atoms with van der Waals surface area (Å²) in [6, 6.07) is 10.1. The molecule has 1 aliphatic heterocycles. The summed E-state index contributed by atoms with van der Waals surface area (Å²) in [6.45, 7) is 1.32. The summed E-state index contributed by atoms with van der Waals surface area (Å²) < 4.78 is 5.36. The van der Waals surface area contributed by atoms with E-state index >= 15 is 0 Å². The number of benzene rings is 1. The van der Waals surface area contributed by atoms with Crippen molar-refractivity contribution in [3.05, 3.63) is 53.8 Å². The second-order valence-corrected chi connectivity index (χ2v) is 3.59. The van der Waals surface area contributed by atoms with Gasteiger partial charge in [-0.3, -0.25) is 0 Å². The number of aliphatic hydroxyl groups is 1. The lowest BCUT2D eigenvalue weighted by atomic mass is 10.0. The molecule has 0 aliphatic carbocycles. The molecule has 78 valence electrons. The molecule has 1 aromatic rings. The second kappa shape index (κ2) is 4.80. The molecule has 0 aromatic heterocycles. The molecule has 0 amide bonds. The summed E-state index contributed by atoms with van der Waals surface area (Å²) in [5.74, 6) is 0.218. The third-order valence-electron chi connectivity index (χ3n) is 2.51. The molecule has 2 nitrogen and oxygen atoms in total. The van der Waals surface area contributed by atoms with Gasteiger partial charge in [0.15, 0.2) is 0 Å². The lowest BCUT2D eigenvalue weighted by Gasteiger charge is -2.03. The summed E-state index contributed by atoms with van der Waals surface area (Å²) in [7, 11) is 0. The van der Waals surface area contributed by atoms with Crippen LogP contribution >= 0.6 is 0 Å². The minimum atomic E-state index is 0.218. The summed E-state index contributed by atoms with van der Waals surface area (Å²) in [6.07, 6.45) is 4.98. The number of ether oxygens (including phenoxy) is 1. The Bertz CT molecular complexity index is 365. The zero-order valence-corrected chi connectivity index (χ0v) is 8.47. The molecule has 1 saturated heterocycles. The van der Waals surface area contributed by atoms with Crippen LogP contribution in [0.25, 0.3) is 6.08 Å². The van der Waals surface area contributed by atoms with Gasteiger partial charge in [0, 0.05) is 5.92 Å². The van der Waals surface area contributed by atoms with Gasteiger partial charge in [0.05, 0.1) is 19.5 Å². The smallest absolute Gasteiger partial charge is 0.0758 e. The molecule has 0 saturated carbocycles. The number of rotatable bonds is 2. The van der Waals surface area contributed by atoms with Crippen molar-refractivity contribution in [2.24, 2.45) is 5.92 Å². The van der Waals surface area contributed by atoms with Gasteiger partial charge in [-0.2, -0.15) is 0 Å². The van der Waals surface area contributed by atoms with Gasteiger partial charge in [0.2, 0.25) is 0 Å². The maximum absolute atomic E-state index is 8.75.